The van der Waals surface area contributed by atoms with Crippen LogP contribution < -0.4 is 5.73 Å². The van der Waals surface area contributed by atoms with E-state index in [2.05, 4.69) is 11.5 Å². The molecule has 98 valence electrons. The van der Waals surface area contributed by atoms with Crippen LogP contribution in [0.4, 0.5) is 5.82 Å². The minimum atomic E-state index is 0.665. The SMILES string of the molecule is Cc1nc(C2C3CC4CC(C3)CC2C4)c(N)n1C. The molecule has 1 aromatic heterocycles. The monoisotopic (exact) mass is 245 g/mol. The molecule has 0 atom stereocenters. The minimum absolute atomic E-state index is 0.665. The Morgan fingerprint density at radius 2 is 1.61 bits per heavy atom. The summed E-state index contributed by atoms with van der Waals surface area (Å²) in [6.45, 7) is 2.07. The van der Waals surface area contributed by atoms with Gasteiger partial charge >= 0.3 is 0 Å². The average Bonchev–Trinajstić information content (AvgIpc) is 2.56. The zero-order chi connectivity index (χ0) is 12.4. The van der Waals surface area contributed by atoms with Crippen molar-refractivity contribution in [3.63, 3.8) is 0 Å². The molecule has 3 nitrogen and oxygen atoms in total. The van der Waals surface area contributed by atoms with Crippen molar-refractivity contribution in [3.8, 4) is 0 Å². The number of aromatic nitrogens is 2. The number of nitrogens with zero attached hydrogens (tertiary/aromatic N) is 2. The lowest BCUT2D eigenvalue weighted by atomic mass is 9.51. The minimum Gasteiger partial charge on any atom is -0.384 e. The van der Waals surface area contributed by atoms with E-state index in [1.807, 2.05) is 7.05 Å². The number of imidazole rings is 1. The highest BCUT2D eigenvalue weighted by molar-refractivity contribution is 5.41. The normalized spacial score (nSPS) is 41.6. The molecule has 0 aliphatic heterocycles. The molecule has 5 rings (SSSR count). The third-order valence-corrected chi connectivity index (χ3v) is 5.93. The van der Waals surface area contributed by atoms with Crippen LogP contribution in [0.25, 0.3) is 0 Å². The van der Waals surface area contributed by atoms with Crippen LogP contribution in [0.1, 0.15) is 49.5 Å². The number of hydrogen-bond acceptors (Lipinski definition) is 2. The zero-order valence-electron chi connectivity index (χ0n) is 11.4. The van der Waals surface area contributed by atoms with Crippen LogP contribution in [0.3, 0.4) is 0 Å². The Balaban J connectivity index is 1.74. The Kier molecular flexibility index (Phi) is 2.13. The number of anilines is 1. The maximum absolute atomic E-state index is 6.28. The van der Waals surface area contributed by atoms with Crippen LogP contribution in [-0.4, -0.2) is 9.55 Å². The topological polar surface area (TPSA) is 43.8 Å². The van der Waals surface area contributed by atoms with Crippen LogP contribution in [-0.2, 0) is 7.05 Å². The van der Waals surface area contributed by atoms with Crippen LogP contribution in [0.15, 0.2) is 0 Å². The number of nitrogens with two attached hydrogens (primary N) is 1. The van der Waals surface area contributed by atoms with E-state index in [1.54, 1.807) is 0 Å². The third-order valence-electron chi connectivity index (χ3n) is 5.93. The highest BCUT2D eigenvalue weighted by Gasteiger charge is 2.49. The van der Waals surface area contributed by atoms with Gasteiger partial charge in [0.2, 0.25) is 0 Å². The maximum atomic E-state index is 6.28. The Hall–Kier alpha value is -0.990. The van der Waals surface area contributed by atoms with Gasteiger partial charge in [0.05, 0.1) is 5.69 Å². The Morgan fingerprint density at radius 1 is 1.06 bits per heavy atom. The quantitative estimate of drug-likeness (QED) is 0.826. The summed E-state index contributed by atoms with van der Waals surface area (Å²) in [4.78, 5) is 4.79. The van der Waals surface area contributed by atoms with Crippen molar-refractivity contribution >= 4 is 5.82 Å². The predicted molar refractivity (Wildman–Crippen MR) is 72.1 cm³/mol. The first-order chi connectivity index (χ1) is 8.63. The Labute approximate surface area is 109 Å². The molecule has 4 aliphatic rings. The second kappa shape index (κ2) is 3.52. The van der Waals surface area contributed by atoms with E-state index < -0.39 is 0 Å². The van der Waals surface area contributed by atoms with Gasteiger partial charge in [0.1, 0.15) is 11.6 Å². The second-order valence-electron chi connectivity index (χ2n) is 6.95. The van der Waals surface area contributed by atoms with E-state index in [0.29, 0.717) is 5.92 Å². The molecule has 0 aromatic carbocycles. The molecule has 4 aliphatic carbocycles. The summed E-state index contributed by atoms with van der Waals surface area (Å²) in [6.07, 6.45) is 7.26. The highest BCUT2D eigenvalue weighted by atomic mass is 15.1. The van der Waals surface area contributed by atoms with E-state index in [4.69, 9.17) is 10.7 Å². The third kappa shape index (κ3) is 1.33. The van der Waals surface area contributed by atoms with Crippen LogP contribution >= 0.6 is 0 Å². The van der Waals surface area contributed by atoms with Gasteiger partial charge in [-0.1, -0.05) is 0 Å². The molecule has 0 saturated heterocycles. The van der Waals surface area contributed by atoms with Crippen molar-refractivity contribution in [2.45, 2.75) is 44.9 Å². The predicted octanol–water partition coefficient (Wildman–Crippen LogP) is 2.85. The summed E-state index contributed by atoms with van der Waals surface area (Å²) < 4.78 is 2.06. The summed E-state index contributed by atoms with van der Waals surface area (Å²) in [5.41, 5.74) is 7.51. The molecule has 0 spiro atoms. The first-order valence-electron chi connectivity index (χ1n) is 7.42. The fourth-order valence-electron chi connectivity index (χ4n) is 5.27. The largest absolute Gasteiger partial charge is 0.384 e. The van der Waals surface area contributed by atoms with Crippen molar-refractivity contribution in [3.05, 3.63) is 11.5 Å². The lowest BCUT2D eigenvalue weighted by Gasteiger charge is -2.54. The van der Waals surface area contributed by atoms with Crippen LogP contribution in [0.2, 0.25) is 0 Å². The molecule has 0 amide bonds. The smallest absolute Gasteiger partial charge is 0.126 e. The molecule has 4 saturated carbocycles. The Bertz CT molecular complexity index is 460. The highest BCUT2D eigenvalue weighted by Crippen LogP contribution is 2.60. The number of rotatable bonds is 1. The van der Waals surface area contributed by atoms with Crippen LogP contribution in [0.5, 0.6) is 0 Å². The van der Waals surface area contributed by atoms with Crippen molar-refractivity contribution in [2.24, 2.45) is 30.7 Å². The van der Waals surface area contributed by atoms with E-state index in [-0.39, 0.29) is 0 Å². The van der Waals surface area contributed by atoms with E-state index in [0.717, 1.165) is 35.3 Å². The first-order valence-corrected chi connectivity index (χ1v) is 7.42. The van der Waals surface area contributed by atoms with E-state index in [1.165, 1.54) is 37.8 Å². The maximum Gasteiger partial charge on any atom is 0.126 e. The fourth-order valence-corrected chi connectivity index (χ4v) is 5.27. The molecule has 1 heterocycles. The summed E-state index contributed by atoms with van der Waals surface area (Å²) in [7, 11) is 2.04. The van der Waals surface area contributed by atoms with Gasteiger partial charge in [-0.2, -0.15) is 0 Å². The van der Waals surface area contributed by atoms with Gasteiger partial charge in [0, 0.05) is 13.0 Å². The molecular weight excluding hydrogens is 222 g/mol. The summed E-state index contributed by atoms with van der Waals surface area (Å²) in [5.74, 6) is 6.44. The zero-order valence-corrected chi connectivity index (χ0v) is 11.4. The van der Waals surface area contributed by atoms with Crippen molar-refractivity contribution < 1.29 is 0 Å². The van der Waals surface area contributed by atoms with Gasteiger partial charge in [-0.25, -0.2) is 4.98 Å². The van der Waals surface area contributed by atoms with Gasteiger partial charge in [0.15, 0.2) is 0 Å². The molecule has 0 radical (unpaired) electrons. The molecule has 18 heavy (non-hydrogen) atoms. The van der Waals surface area contributed by atoms with Crippen molar-refractivity contribution in [1.29, 1.82) is 0 Å². The first kappa shape index (κ1) is 10.9. The summed E-state index contributed by atoms with van der Waals surface area (Å²) in [6, 6.07) is 0. The second-order valence-corrected chi connectivity index (χ2v) is 6.95. The van der Waals surface area contributed by atoms with E-state index in [9.17, 15) is 0 Å². The van der Waals surface area contributed by atoms with Gasteiger partial charge in [-0.3, -0.25) is 0 Å². The number of aryl methyl sites for hydroxylation is 1. The lowest BCUT2D eigenvalue weighted by Crippen LogP contribution is -2.44. The van der Waals surface area contributed by atoms with Gasteiger partial charge in [-0.05, 0) is 62.7 Å². The lowest BCUT2D eigenvalue weighted by molar-refractivity contribution is -0.00381. The van der Waals surface area contributed by atoms with E-state index >= 15 is 0 Å². The molecule has 2 N–H and O–H groups in total. The number of nitrogen functional groups attached to an aromatic ring is 1. The van der Waals surface area contributed by atoms with Crippen molar-refractivity contribution in [2.75, 3.05) is 5.73 Å². The molecule has 4 fully saturated rings. The van der Waals surface area contributed by atoms with Crippen LogP contribution in [0, 0.1) is 30.6 Å². The van der Waals surface area contributed by atoms with Crippen molar-refractivity contribution in [1.82, 2.24) is 9.55 Å². The summed E-state index contributed by atoms with van der Waals surface area (Å²) in [5, 5.41) is 0. The number of hydrogen-bond donors (Lipinski definition) is 1. The fraction of sp³-hybridized carbons (Fsp3) is 0.800. The molecular formula is C15H23N3. The van der Waals surface area contributed by atoms with Gasteiger partial charge in [-0.15, -0.1) is 0 Å². The van der Waals surface area contributed by atoms with Gasteiger partial charge in [0.25, 0.3) is 0 Å². The van der Waals surface area contributed by atoms with Gasteiger partial charge < -0.3 is 10.3 Å². The molecule has 0 unspecified atom stereocenters. The Morgan fingerprint density at radius 3 is 2.06 bits per heavy atom. The summed E-state index contributed by atoms with van der Waals surface area (Å²) >= 11 is 0. The molecule has 4 bridgehead atoms. The molecule has 3 heteroatoms. The standard InChI is InChI=1S/C15H23N3/c1-8-17-14(15(16)18(8)2)13-11-4-9-3-10(6-11)7-12(13)5-9/h9-13H,3-7,16H2,1-2H3. The average molecular weight is 245 g/mol. The molecule has 1 aromatic rings.